The molecule has 1 aliphatic rings. The summed E-state index contributed by atoms with van der Waals surface area (Å²) in [6.45, 7) is 3.85. The lowest BCUT2D eigenvalue weighted by Crippen LogP contribution is -2.35. The molecule has 4 nitrogen and oxygen atoms in total. The highest BCUT2D eigenvalue weighted by Gasteiger charge is 2.11. The van der Waals surface area contributed by atoms with Crippen molar-refractivity contribution in [1.82, 2.24) is 10.2 Å². The molecule has 1 amide bonds. The van der Waals surface area contributed by atoms with Gasteiger partial charge in [-0.1, -0.05) is 18.2 Å². The number of para-hydroxylation sites is 1. The van der Waals surface area contributed by atoms with Gasteiger partial charge in [-0.05, 0) is 38.1 Å². The number of likely N-dealkylation sites (tertiary alicyclic amines) is 1. The second kappa shape index (κ2) is 7.95. The van der Waals surface area contributed by atoms with Crippen LogP contribution in [0.3, 0.4) is 0 Å². The summed E-state index contributed by atoms with van der Waals surface area (Å²) in [5.74, 6) is 0.575. The van der Waals surface area contributed by atoms with Gasteiger partial charge < -0.3 is 15.0 Å². The van der Waals surface area contributed by atoms with Crippen molar-refractivity contribution in [3.8, 4) is 5.75 Å². The molecule has 1 heterocycles. The average molecular weight is 271 g/mol. The molecule has 100 valence electrons. The Kier molecular flexibility index (Phi) is 6.54. The predicted molar refractivity (Wildman–Crippen MR) is 73.4 cm³/mol. The quantitative estimate of drug-likeness (QED) is 0.913. The SMILES string of the molecule is Cl.O=C(NCCN1CCCC1)Oc1ccccc1. The van der Waals surface area contributed by atoms with Gasteiger partial charge in [0.1, 0.15) is 5.75 Å². The summed E-state index contributed by atoms with van der Waals surface area (Å²) < 4.78 is 5.11. The maximum atomic E-state index is 11.4. The zero-order valence-electron chi connectivity index (χ0n) is 10.3. The molecule has 5 heteroatoms. The second-order valence-corrected chi connectivity index (χ2v) is 4.18. The number of halogens is 1. The predicted octanol–water partition coefficient (Wildman–Crippen LogP) is 2.29. The highest BCUT2D eigenvalue weighted by atomic mass is 35.5. The van der Waals surface area contributed by atoms with Crippen molar-refractivity contribution in [2.24, 2.45) is 0 Å². The molecule has 1 aromatic rings. The summed E-state index contributed by atoms with van der Waals surface area (Å²) in [6.07, 6.45) is 2.17. The lowest BCUT2D eigenvalue weighted by atomic mass is 10.3. The highest BCUT2D eigenvalue weighted by molar-refractivity contribution is 5.85. The first-order valence-electron chi connectivity index (χ1n) is 6.08. The number of nitrogens with one attached hydrogen (secondary N) is 1. The Labute approximate surface area is 114 Å². The number of nitrogens with zero attached hydrogens (tertiary/aromatic N) is 1. The fourth-order valence-electron chi connectivity index (χ4n) is 1.95. The van der Waals surface area contributed by atoms with Crippen molar-refractivity contribution < 1.29 is 9.53 Å². The Morgan fingerprint density at radius 3 is 2.56 bits per heavy atom. The first-order valence-corrected chi connectivity index (χ1v) is 6.08. The van der Waals surface area contributed by atoms with Crippen LogP contribution in [0.4, 0.5) is 4.79 Å². The van der Waals surface area contributed by atoms with Crippen LogP contribution in [-0.4, -0.2) is 37.2 Å². The Bertz CT molecular complexity index is 353. The van der Waals surface area contributed by atoms with E-state index in [-0.39, 0.29) is 18.5 Å². The maximum absolute atomic E-state index is 11.4. The maximum Gasteiger partial charge on any atom is 0.412 e. The van der Waals surface area contributed by atoms with E-state index in [1.54, 1.807) is 12.1 Å². The monoisotopic (exact) mass is 270 g/mol. The lowest BCUT2D eigenvalue weighted by molar-refractivity contribution is 0.198. The smallest absolute Gasteiger partial charge is 0.410 e. The Morgan fingerprint density at radius 1 is 1.22 bits per heavy atom. The first-order chi connectivity index (χ1) is 8.34. The van der Waals surface area contributed by atoms with Crippen LogP contribution in [0.25, 0.3) is 0 Å². The minimum atomic E-state index is -0.379. The number of hydrogen-bond donors (Lipinski definition) is 1. The molecule has 1 N–H and O–H groups in total. The fraction of sp³-hybridized carbons (Fsp3) is 0.462. The topological polar surface area (TPSA) is 41.6 Å². The fourth-order valence-corrected chi connectivity index (χ4v) is 1.95. The van der Waals surface area contributed by atoms with Gasteiger partial charge in [-0.3, -0.25) is 0 Å². The van der Waals surface area contributed by atoms with Crippen LogP contribution in [0.15, 0.2) is 30.3 Å². The number of benzene rings is 1. The van der Waals surface area contributed by atoms with Crippen LogP contribution < -0.4 is 10.1 Å². The van der Waals surface area contributed by atoms with Crippen LogP contribution in [0, 0.1) is 0 Å². The van der Waals surface area contributed by atoms with Gasteiger partial charge in [-0.15, -0.1) is 12.4 Å². The van der Waals surface area contributed by atoms with Crippen LogP contribution in [0.5, 0.6) is 5.75 Å². The number of carbonyl (C=O) groups is 1. The van der Waals surface area contributed by atoms with Crippen LogP contribution in [-0.2, 0) is 0 Å². The van der Waals surface area contributed by atoms with E-state index in [1.165, 1.54) is 12.8 Å². The molecule has 0 saturated carbocycles. The third-order valence-corrected chi connectivity index (χ3v) is 2.85. The molecule has 0 radical (unpaired) electrons. The molecular formula is C13H19ClN2O2. The van der Waals surface area contributed by atoms with E-state index >= 15 is 0 Å². The molecule has 0 aliphatic carbocycles. The van der Waals surface area contributed by atoms with E-state index in [0.717, 1.165) is 19.6 Å². The minimum absolute atomic E-state index is 0. The molecule has 0 aromatic heterocycles. The largest absolute Gasteiger partial charge is 0.412 e. The van der Waals surface area contributed by atoms with Gasteiger partial charge in [-0.25, -0.2) is 4.79 Å². The van der Waals surface area contributed by atoms with Crippen molar-refractivity contribution in [1.29, 1.82) is 0 Å². The van der Waals surface area contributed by atoms with Crippen molar-refractivity contribution in [3.63, 3.8) is 0 Å². The summed E-state index contributed by atoms with van der Waals surface area (Å²) in [5, 5.41) is 2.76. The molecule has 0 atom stereocenters. The van der Waals surface area contributed by atoms with Crippen LogP contribution in [0.2, 0.25) is 0 Å². The molecule has 1 saturated heterocycles. The zero-order chi connectivity index (χ0) is 11.9. The molecule has 0 unspecified atom stereocenters. The number of ether oxygens (including phenoxy) is 1. The molecule has 1 aliphatic heterocycles. The van der Waals surface area contributed by atoms with Gasteiger partial charge in [0, 0.05) is 13.1 Å². The van der Waals surface area contributed by atoms with Crippen molar-refractivity contribution in [3.05, 3.63) is 30.3 Å². The van der Waals surface area contributed by atoms with Gasteiger partial charge in [0.2, 0.25) is 0 Å². The minimum Gasteiger partial charge on any atom is -0.410 e. The third-order valence-electron chi connectivity index (χ3n) is 2.85. The van der Waals surface area contributed by atoms with E-state index in [2.05, 4.69) is 10.2 Å². The van der Waals surface area contributed by atoms with Gasteiger partial charge in [0.15, 0.2) is 0 Å². The number of rotatable bonds is 4. The zero-order valence-corrected chi connectivity index (χ0v) is 11.1. The van der Waals surface area contributed by atoms with E-state index in [1.807, 2.05) is 18.2 Å². The highest BCUT2D eigenvalue weighted by Crippen LogP contribution is 2.08. The van der Waals surface area contributed by atoms with Gasteiger partial charge in [-0.2, -0.15) is 0 Å². The summed E-state index contributed by atoms with van der Waals surface area (Å²) in [4.78, 5) is 13.8. The second-order valence-electron chi connectivity index (χ2n) is 4.18. The average Bonchev–Trinajstić information content (AvgIpc) is 2.83. The number of carbonyl (C=O) groups excluding carboxylic acids is 1. The van der Waals surface area contributed by atoms with Gasteiger partial charge in [0.25, 0.3) is 0 Å². The standard InChI is InChI=1S/C13H18N2O2.ClH/c16-13(17-12-6-2-1-3-7-12)14-8-11-15-9-4-5-10-15;/h1-3,6-7H,4-5,8-11H2,(H,14,16);1H. The van der Waals surface area contributed by atoms with Gasteiger partial charge in [0.05, 0.1) is 0 Å². The van der Waals surface area contributed by atoms with Crippen LogP contribution >= 0.6 is 12.4 Å². The molecule has 18 heavy (non-hydrogen) atoms. The number of amides is 1. The lowest BCUT2D eigenvalue weighted by Gasteiger charge is -2.14. The molecule has 0 bridgehead atoms. The Hall–Kier alpha value is -1.26. The van der Waals surface area contributed by atoms with Gasteiger partial charge >= 0.3 is 6.09 Å². The van der Waals surface area contributed by atoms with Crippen molar-refractivity contribution in [2.75, 3.05) is 26.2 Å². The summed E-state index contributed by atoms with van der Waals surface area (Å²) in [5.41, 5.74) is 0. The summed E-state index contributed by atoms with van der Waals surface area (Å²) in [7, 11) is 0. The van der Waals surface area contributed by atoms with E-state index in [9.17, 15) is 4.79 Å². The van der Waals surface area contributed by atoms with Crippen molar-refractivity contribution >= 4 is 18.5 Å². The van der Waals surface area contributed by atoms with E-state index in [4.69, 9.17) is 4.74 Å². The van der Waals surface area contributed by atoms with E-state index < -0.39 is 0 Å². The van der Waals surface area contributed by atoms with Crippen molar-refractivity contribution in [2.45, 2.75) is 12.8 Å². The molecule has 1 aromatic carbocycles. The summed E-state index contributed by atoms with van der Waals surface area (Å²) >= 11 is 0. The summed E-state index contributed by atoms with van der Waals surface area (Å²) in [6, 6.07) is 9.10. The molecular weight excluding hydrogens is 252 g/mol. The number of hydrogen-bond acceptors (Lipinski definition) is 3. The Balaban J connectivity index is 0.00000162. The van der Waals surface area contributed by atoms with E-state index in [0.29, 0.717) is 12.3 Å². The molecule has 0 spiro atoms. The Morgan fingerprint density at radius 2 is 1.89 bits per heavy atom. The first kappa shape index (κ1) is 14.8. The van der Waals surface area contributed by atoms with Crippen LogP contribution in [0.1, 0.15) is 12.8 Å². The normalized spacial score (nSPS) is 14.9. The molecule has 2 rings (SSSR count). The third kappa shape index (κ3) is 4.94. The molecule has 1 fully saturated rings.